The van der Waals surface area contributed by atoms with Gasteiger partial charge in [-0.1, -0.05) is 101 Å². The molecule has 0 N–H and O–H groups in total. The van der Waals surface area contributed by atoms with Gasteiger partial charge in [-0.15, -0.1) is 0 Å². The first kappa shape index (κ1) is 26.6. The van der Waals surface area contributed by atoms with E-state index in [1.807, 2.05) is 0 Å². The third-order valence-electron chi connectivity index (χ3n) is 6.80. The maximum atomic E-state index is 14.9. The van der Waals surface area contributed by atoms with Gasteiger partial charge in [0.05, 0.1) is 0 Å². The van der Waals surface area contributed by atoms with Crippen LogP contribution in [0, 0.1) is 13.8 Å². The van der Waals surface area contributed by atoms with Crippen molar-refractivity contribution in [3.05, 3.63) is 57.1 Å². The fraction of sp³-hybridized carbons (Fsp3) is 0.613. The van der Waals surface area contributed by atoms with Crippen molar-refractivity contribution in [2.45, 2.75) is 125 Å². The first-order chi connectivity index (χ1) is 14.2. The zero-order valence-electron chi connectivity index (χ0n) is 23.3. The molecular weight excluding hydrogens is 391 g/mol. The van der Waals surface area contributed by atoms with Crippen LogP contribution in [-0.4, -0.2) is 0 Å². The van der Waals surface area contributed by atoms with Crippen molar-refractivity contribution in [3.63, 3.8) is 0 Å². The van der Waals surface area contributed by atoms with E-state index < -0.39 is 6.67 Å². The van der Waals surface area contributed by atoms with Crippen LogP contribution in [0.5, 0.6) is 0 Å². The summed E-state index contributed by atoms with van der Waals surface area (Å²) in [5.41, 5.74) is 10.6. The second kappa shape index (κ2) is 8.30. The Hall–Kier alpha value is -1.63. The van der Waals surface area contributed by atoms with Crippen molar-refractivity contribution in [2.24, 2.45) is 0 Å². The van der Waals surface area contributed by atoms with Gasteiger partial charge in [0, 0.05) is 0 Å². The lowest BCUT2D eigenvalue weighted by Crippen LogP contribution is -2.22. The number of hydrogen-bond donors (Lipinski definition) is 0. The van der Waals surface area contributed by atoms with Crippen LogP contribution in [-0.2, 0) is 28.3 Å². The molecule has 2 aromatic carbocycles. The van der Waals surface area contributed by atoms with E-state index in [1.165, 1.54) is 33.4 Å². The van der Waals surface area contributed by atoms with Crippen LogP contribution in [0.2, 0.25) is 0 Å². The molecule has 0 amide bonds. The minimum atomic E-state index is -0.447. The van der Waals surface area contributed by atoms with Crippen LogP contribution >= 0.6 is 0 Å². The molecule has 0 saturated heterocycles. The summed E-state index contributed by atoms with van der Waals surface area (Å²) in [7, 11) is 0. The van der Waals surface area contributed by atoms with E-state index in [-0.39, 0.29) is 21.7 Å². The molecule has 0 radical (unpaired) electrons. The van der Waals surface area contributed by atoms with Gasteiger partial charge in [-0.2, -0.15) is 0 Å². The second-order valence-electron chi connectivity index (χ2n) is 13.8. The largest absolute Gasteiger partial charge is 0.246 e. The van der Waals surface area contributed by atoms with E-state index in [0.717, 1.165) is 16.7 Å². The average Bonchev–Trinajstić information content (AvgIpc) is 2.57. The van der Waals surface area contributed by atoms with Gasteiger partial charge in [-0.05, 0) is 85.6 Å². The summed E-state index contributed by atoms with van der Waals surface area (Å²) in [6.07, 6.45) is 0. The molecule has 0 saturated carbocycles. The Kier molecular flexibility index (Phi) is 6.90. The minimum absolute atomic E-state index is 0.0123. The third kappa shape index (κ3) is 5.13. The lowest BCUT2D eigenvalue weighted by molar-refractivity contribution is 0.469. The summed E-state index contributed by atoms with van der Waals surface area (Å²) in [5.74, 6) is 0. The average molecular weight is 439 g/mol. The van der Waals surface area contributed by atoms with Gasteiger partial charge >= 0.3 is 0 Å². The maximum absolute atomic E-state index is 14.9. The van der Waals surface area contributed by atoms with Crippen molar-refractivity contribution in [1.29, 1.82) is 0 Å². The molecule has 32 heavy (non-hydrogen) atoms. The number of alkyl halides is 1. The van der Waals surface area contributed by atoms with E-state index >= 15 is 0 Å². The Morgan fingerprint density at radius 1 is 0.562 bits per heavy atom. The molecule has 0 aliphatic rings. The molecule has 0 aromatic heterocycles. The molecule has 0 unspecified atom stereocenters. The molecular formula is C31H47F. The molecule has 0 fully saturated rings. The van der Waals surface area contributed by atoms with E-state index in [1.54, 1.807) is 0 Å². The summed E-state index contributed by atoms with van der Waals surface area (Å²) in [6, 6.07) is 6.99. The standard InChI is InChI=1S/C31H47F/c1-19-22(15-21(28(3,4)5)16-24(19)29(6,7)8)27-20(2)25(30(9,10)11)17-26(23(27)18-32)31(12,13)14/h15-17H,18H2,1-14H3. The molecule has 0 atom stereocenters. The molecule has 1 heteroatoms. The molecule has 0 nitrogen and oxygen atoms in total. The Morgan fingerprint density at radius 3 is 1.38 bits per heavy atom. The maximum Gasteiger partial charge on any atom is 0.115 e. The lowest BCUT2D eigenvalue weighted by Gasteiger charge is -2.34. The third-order valence-corrected chi connectivity index (χ3v) is 6.80. The van der Waals surface area contributed by atoms with Gasteiger partial charge in [0.1, 0.15) is 6.67 Å². The highest BCUT2D eigenvalue weighted by atomic mass is 19.1. The van der Waals surface area contributed by atoms with Gasteiger partial charge in [-0.3, -0.25) is 0 Å². The van der Waals surface area contributed by atoms with Crippen molar-refractivity contribution >= 4 is 0 Å². The topological polar surface area (TPSA) is 0 Å². The zero-order chi connectivity index (χ0) is 25.0. The Morgan fingerprint density at radius 2 is 1.00 bits per heavy atom. The van der Waals surface area contributed by atoms with Crippen molar-refractivity contribution in [1.82, 2.24) is 0 Å². The quantitative estimate of drug-likeness (QED) is 0.438. The van der Waals surface area contributed by atoms with Gasteiger partial charge in [-0.25, -0.2) is 4.39 Å². The van der Waals surface area contributed by atoms with E-state index in [9.17, 15) is 4.39 Å². The highest BCUT2D eigenvalue weighted by Gasteiger charge is 2.30. The summed E-state index contributed by atoms with van der Waals surface area (Å²) in [6.45, 7) is 31.0. The Balaban J connectivity index is 3.18. The van der Waals surface area contributed by atoms with Crippen LogP contribution in [0.3, 0.4) is 0 Å². The number of hydrogen-bond acceptors (Lipinski definition) is 0. The molecule has 0 aliphatic carbocycles. The number of halogens is 1. The van der Waals surface area contributed by atoms with Crippen LogP contribution in [0.25, 0.3) is 11.1 Å². The molecule has 178 valence electrons. The van der Waals surface area contributed by atoms with Crippen molar-refractivity contribution in [2.75, 3.05) is 0 Å². The minimum Gasteiger partial charge on any atom is -0.246 e. The van der Waals surface area contributed by atoms with Crippen LogP contribution in [0.4, 0.5) is 4.39 Å². The number of rotatable bonds is 2. The monoisotopic (exact) mass is 438 g/mol. The van der Waals surface area contributed by atoms with Gasteiger partial charge in [0.25, 0.3) is 0 Å². The van der Waals surface area contributed by atoms with Crippen molar-refractivity contribution < 1.29 is 4.39 Å². The molecule has 0 spiro atoms. The fourth-order valence-corrected chi connectivity index (χ4v) is 4.97. The van der Waals surface area contributed by atoms with E-state index in [0.29, 0.717) is 0 Å². The molecule has 2 aromatic rings. The van der Waals surface area contributed by atoms with Crippen LogP contribution in [0.15, 0.2) is 18.2 Å². The fourth-order valence-electron chi connectivity index (χ4n) is 4.97. The predicted octanol–water partition coefficient (Wildman–Crippen LogP) is 9.63. The van der Waals surface area contributed by atoms with Gasteiger partial charge < -0.3 is 0 Å². The zero-order valence-corrected chi connectivity index (χ0v) is 23.3. The normalized spacial score (nSPS) is 13.6. The smallest absolute Gasteiger partial charge is 0.115 e. The summed E-state index contributed by atoms with van der Waals surface area (Å²) < 4.78 is 14.9. The van der Waals surface area contributed by atoms with E-state index in [4.69, 9.17) is 0 Å². The first-order valence-electron chi connectivity index (χ1n) is 12.1. The second-order valence-corrected chi connectivity index (χ2v) is 13.8. The molecule has 2 rings (SSSR count). The summed E-state index contributed by atoms with van der Waals surface area (Å²) >= 11 is 0. The molecule has 0 heterocycles. The summed E-state index contributed by atoms with van der Waals surface area (Å²) in [5, 5.41) is 0. The Bertz CT molecular complexity index is 993. The highest BCUT2D eigenvalue weighted by Crippen LogP contribution is 2.45. The highest BCUT2D eigenvalue weighted by molar-refractivity contribution is 5.79. The van der Waals surface area contributed by atoms with Crippen LogP contribution in [0.1, 0.15) is 122 Å². The first-order valence-corrected chi connectivity index (χ1v) is 12.1. The predicted molar refractivity (Wildman–Crippen MR) is 141 cm³/mol. The summed E-state index contributed by atoms with van der Waals surface area (Å²) in [4.78, 5) is 0. The van der Waals surface area contributed by atoms with Crippen molar-refractivity contribution in [3.8, 4) is 11.1 Å². The lowest BCUT2D eigenvalue weighted by atomic mass is 9.71. The van der Waals surface area contributed by atoms with Gasteiger partial charge in [0.15, 0.2) is 0 Å². The van der Waals surface area contributed by atoms with Crippen LogP contribution < -0.4 is 0 Å². The van der Waals surface area contributed by atoms with E-state index in [2.05, 4.69) is 115 Å². The Labute approximate surface area is 198 Å². The number of benzene rings is 2. The molecule has 0 aliphatic heterocycles. The van der Waals surface area contributed by atoms with Gasteiger partial charge in [0.2, 0.25) is 0 Å². The SMILES string of the molecule is Cc1c(-c2c(C)c(C(C)(C)C)cc(C(C)(C)C)c2CF)cc(C(C)(C)C)cc1C(C)(C)C. The molecule has 0 bridgehead atoms.